The van der Waals surface area contributed by atoms with Gasteiger partial charge in [-0.25, -0.2) is 8.78 Å². The number of carbonyl (C=O) groups excluding carboxylic acids is 2. The molecule has 0 heterocycles. The Morgan fingerprint density at radius 1 is 0.946 bits per heavy atom. The maximum absolute atomic E-state index is 14.6. The molecule has 0 unspecified atom stereocenters. The van der Waals surface area contributed by atoms with E-state index in [-0.39, 0.29) is 22.0 Å². The van der Waals surface area contributed by atoms with E-state index in [0.717, 1.165) is 12.1 Å². The summed E-state index contributed by atoms with van der Waals surface area (Å²) in [5.41, 5.74) is 0.681. The largest absolute Gasteiger partial charge is 0.383 e. The molecule has 0 aromatic heterocycles. The van der Waals surface area contributed by atoms with Crippen LogP contribution in [-0.2, 0) is 4.79 Å². The second-order valence-corrected chi connectivity index (χ2v) is 11.1. The lowest BCUT2D eigenvalue weighted by atomic mass is 10.1. The molecule has 194 valence electrons. The monoisotopic (exact) mass is 605 g/mol. The first kappa shape index (κ1) is 27.7. The lowest BCUT2D eigenvalue weighted by Gasteiger charge is -2.14. The number of halogens is 7. The van der Waals surface area contributed by atoms with Gasteiger partial charge in [0.2, 0.25) is 5.91 Å². The zero-order chi connectivity index (χ0) is 27.2. The number of rotatable bonds is 6. The van der Waals surface area contributed by atoms with E-state index >= 15 is 0 Å². The number of benzene rings is 3. The third-order valence-electron chi connectivity index (χ3n) is 5.99. The number of aryl methyl sites for hydroxylation is 1. The lowest BCUT2D eigenvalue weighted by Crippen LogP contribution is -2.19. The summed E-state index contributed by atoms with van der Waals surface area (Å²) in [5.74, 6) is -4.39. The second kappa shape index (κ2) is 10.5. The highest BCUT2D eigenvalue weighted by atomic mass is 35.5. The van der Waals surface area contributed by atoms with E-state index in [0.29, 0.717) is 21.2 Å². The van der Waals surface area contributed by atoms with Crippen LogP contribution in [-0.4, -0.2) is 23.2 Å². The topological polar surface area (TPSA) is 70.2 Å². The number of hydrogen-bond donors (Lipinski definition) is 3. The molecule has 0 aliphatic heterocycles. The predicted octanol–water partition coefficient (Wildman–Crippen LogP) is 8.05. The van der Waals surface area contributed by atoms with Crippen molar-refractivity contribution >= 4 is 86.9 Å². The fourth-order valence-electron chi connectivity index (χ4n) is 4.07. The van der Waals surface area contributed by atoms with Crippen LogP contribution >= 0.6 is 58.0 Å². The minimum absolute atomic E-state index is 0.0356. The van der Waals surface area contributed by atoms with Crippen molar-refractivity contribution in [2.45, 2.75) is 17.2 Å². The highest BCUT2D eigenvalue weighted by molar-refractivity contribution is 6.53. The van der Waals surface area contributed by atoms with Gasteiger partial charge in [0.1, 0.15) is 15.8 Å². The summed E-state index contributed by atoms with van der Waals surface area (Å²) in [4.78, 5) is 26.0. The van der Waals surface area contributed by atoms with E-state index < -0.39 is 45.3 Å². The maximum atomic E-state index is 14.6. The summed E-state index contributed by atoms with van der Waals surface area (Å²) >= 11 is 31.2. The first-order valence-electron chi connectivity index (χ1n) is 10.8. The van der Waals surface area contributed by atoms with Gasteiger partial charge in [-0.3, -0.25) is 9.59 Å². The summed E-state index contributed by atoms with van der Waals surface area (Å²) in [6.07, 6.45) is 0. The molecule has 2 atom stereocenters. The van der Waals surface area contributed by atoms with Gasteiger partial charge < -0.3 is 16.0 Å². The second-order valence-electron chi connectivity index (χ2n) is 8.44. The Morgan fingerprint density at radius 3 is 2.30 bits per heavy atom. The van der Waals surface area contributed by atoms with E-state index in [1.54, 1.807) is 31.2 Å². The average molecular weight is 608 g/mol. The summed E-state index contributed by atoms with van der Waals surface area (Å²) in [5, 5.41) is 8.24. The van der Waals surface area contributed by atoms with Gasteiger partial charge in [-0.1, -0.05) is 40.9 Å². The van der Waals surface area contributed by atoms with Crippen molar-refractivity contribution in [2.75, 3.05) is 23.0 Å². The van der Waals surface area contributed by atoms with Crippen molar-refractivity contribution in [3.8, 4) is 0 Å². The molecule has 0 radical (unpaired) electrons. The zero-order valence-corrected chi connectivity index (χ0v) is 22.9. The van der Waals surface area contributed by atoms with Crippen LogP contribution in [0.1, 0.15) is 27.4 Å². The number of carbonyl (C=O) groups is 2. The first-order chi connectivity index (χ1) is 17.4. The Bertz CT molecular complexity index is 1430. The highest BCUT2D eigenvalue weighted by Gasteiger charge is 2.67. The van der Waals surface area contributed by atoms with Crippen LogP contribution in [0, 0.1) is 24.5 Å². The van der Waals surface area contributed by atoms with Crippen molar-refractivity contribution < 1.29 is 18.4 Å². The average Bonchev–Trinajstić information content (AvgIpc) is 3.42. The molecule has 1 aliphatic rings. The van der Waals surface area contributed by atoms with Gasteiger partial charge in [0.05, 0.1) is 32.2 Å². The van der Waals surface area contributed by atoms with Crippen LogP contribution in [0.2, 0.25) is 15.1 Å². The zero-order valence-electron chi connectivity index (χ0n) is 19.2. The van der Waals surface area contributed by atoms with Crippen LogP contribution in [0.4, 0.5) is 25.8 Å². The van der Waals surface area contributed by atoms with Crippen LogP contribution in [0.15, 0.2) is 42.5 Å². The van der Waals surface area contributed by atoms with E-state index in [4.69, 9.17) is 58.0 Å². The number of hydrogen-bond acceptors (Lipinski definition) is 3. The molecular formula is C25H18Cl5F2N3O2. The SMILES string of the molecule is CNc1c(F)ccc(NC(=O)c2cc(NC(=O)[C@H]3[C@H](c4ccc(Cl)c(Cl)c4)C3(Cl)Cl)cc(C)c2Cl)c1F. The Kier molecular flexibility index (Phi) is 7.84. The molecule has 0 bridgehead atoms. The molecule has 2 amide bonds. The van der Waals surface area contributed by atoms with E-state index in [1.807, 2.05) is 0 Å². The number of anilines is 3. The minimum Gasteiger partial charge on any atom is -0.383 e. The van der Waals surface area contributed by atoms with Crippen LogP contribution in [0.3, 0.4) is 0 Å². The molecule has 12 heteroatoms. The Morgan fingerprint density at radius 2 is 1.65 bits per heavy atom. The summed E-state index contributed by atoms with van der Waals surface area (Å²) in [7, 11) is 1.35. The van der Waals surface area contributed by atoms with Crippen LogP contribution in [0.5, 0.6) is 0 Å². The highest BCUT2D eigenvalue weighted by Crippen LogP contribution is 2.65. The quantitative estimate of drug-likeness (QED) is 0.248. The van der Waals surface area contributed by atoms with Gasteiger partial charge in [0, 0.05) is 18.7 Å². The third kappa shape index (κ3) is 5.33. The van der Waals surface area contributed by atoms with Gasteiger partial charge in [-0.05, 0) is 54.4 Å². The van der Waals surface area contributed by atoms with Gasteiger partial charge in [-0.2, -0.15) is 0 Å². The third-order valence-corrected chi connectivity index (χ3v) is 8.18. The van der Waals surface area contributed by atoms with Gasteiger partial charge >= 0.3 is 0 Å². The Balaban J connectivity index is 1.56. The van der Waals surface area contributed by atoms with E-state index in [1.165, 1.54) is 13.1 Å². The van der Waals surface area contributed by atoms with Gasteiger partial charge in [0.25, 0.3) is 5.91 Å². The summed E-state index contributed by atoms with van der Waals surface area (Å²) < 4.78 is 27.0. The molecule has 37 heavy (non-hydrogen) atoms. The minimum atomic E-state index is -1.38. The molecule has 3 N–H and O–H groups in total. The standard InChI is InChI=1S/C25H18Cl5F2N3O2/c1-10-7-12(34-24(37)19-18(25(19,29)30)11-3-4-14(26)15(27)8-11)9-13(20(10)28)23(36)35-17-6-5-16(31)22(33-2)21(17)32/h3-9,18-19,33H,1-2H3,(H,34,37)(H,35,36)/t18-,19+/m0/s1. The van der Waals surface area contributed by atoms with Crippen molar-refractivity contribution in [3.63, 3.8) is 0 Å². The molecular weight excluding hydrogens is 590 g/mol. The maximum Gasteiger partial charge on any atom is 0.257 e. The van der Waals surface area contributed by atoms with Crippen molar-refractivity contribution in [3.05, 3.63) is 85.9 Å². The molecule has 3 aromatic carbocycles. The molecule has 1 fully saturated rings. The van der Waals surface area contributed by atoms with Gasteiger partial charge in [-0.15, -0.1) is 23.2 Å². The summed E-state index contributed by atoms with van der Waals surface area (Å²) in [6.45, 7) is 1.63. The Labute approximate surface area is 236 Å². The van der Waals surface area contributed by atoms with Crippen molar-refractivity contribution in [2.24, 2.45) is 5.92 Å². The molecule has 0 saturated heterocycles. The smallest absolute Gasteiger partial charge is 0.257 e. The number of amides is 2. The molecule has 3 aromatic rings. The van der Waals surface area contributed by atoms with Crippen molar-refractivity contribution in [1.29, 1.82) is 0 Å². The normalized spacial score (nSPS) is 17.8. The van der Waals surface area contributed by atoms with E-state index in [2.05, 4.69) is 16.0 Å². The molecule has 1 saturated carbocycles. The first-order valence-corrected chi connectivity index (χ1v) is 12.7. The fourth-order valence-corrected chi connectivity index (χ4v) is 5.40. The van der Waals surface area contributed by atoms with Crippen LogP contribution < -0.4 is 16.0 Å². The lowest BCUT2D eigenvalue weighted by molar-refractivity contribution is -0.117. The number of alkyl halides is 2. The number of nitrogens with one attached hydrogen (secondary N) is 3. The molecule has 1 aliphatic carbocycles. The predicted molar refractivity (Wildman–Crippen MR) is 146 cm³/mol. The summed E-state index contributed by atoms with van der Waals surface area (Å²) in [6, 6.07) is 9.89. The van der Waals surface area contributed by atoms with E-state index in [9.17, 15) is 18.4 Å². The fraction of sp³-hybridized carbons (Fsp3) is 0.200. The van der Waals surface area contributed by atoms with Crippen LogP contribution in [0.25, 0.3) is 0 Å². The van der Waals surface area contributed by atoms with Gasteiger partial charge in [0.15, 0.2) is 5.82 Å². The molecule has 4 rings (SSSR count). The molecule has 5 nitrogen and oxygen atoms in total. The Hall–Kier alpha value is -2.29. The van der Waals surface area contributed by atoms with Crippen molar-refractivity contribution in [1.82, 2.24) is 0 Å². The molecule has 0 spiro atoms.